The van der Waals surface area contributed by atoms with Crippen LogP contribution in [0.25, 0.3) is 0 Å². The standard InChI is InChI=1S/C32H42N2O4S/c1-22-15-17-27-25(20-22)31(3,4)29(33(27)7)13-11-14-30-32(5,6)26-21-24(39(36,37)38)16-18-28(26)34(30)19-10-8-9-12-23(2)35/h11,13-18,20-21,30H,8-10,12,19H2,1-7H3,(H,36,37,38)/b14-11+,29-13-. The Labute approximate surface area is 234 Å². The van der Waals surface area contributed by atoms with Crippen LogP contribution in [-0.2, 0) is 25.7 Å². The van der Waals surface area contributed by atoms with Crippen molar-refractivity contribution < 1.29 is 17.8 Å². The zero-order chi connectivity index (χ0) is 28.8. The van der Waals surface area contributed by atoms with Gasteiger partial charge in [0.05, 0.1) is 10.9 Å². The van der Waals surface area contributed by atoms with Crippen molar-refractivity contribution in [3.05, 3.63) is 77.0 Å². The molecule has 0 saturated heterocycles. The van der Waals surface area contributed by atoms with Crippen molar-refractivity contribution >= 4 is 27.3 Å². The molecule has 7 heteroatoms. The molecule has 210 valence electrons. The molecule has 1 unspecified atom stereocenters. The van der Waals surface area contributed by atoms with Crippen molar-refractivity contribution in [2.45, 2.75) is 89.0 Å². The van der Waals surface area contributed by atoms with E-state index in [4.69, 9.17) is 0 Å². The maximum atomic E-state index is 11.9. The van der Waals surface area contributed by atoms with Crippen LogP contribution in [-0.4, -0.2) is 38.4 Å². The maximum absolute atomic E-state index is 11.9. The summed E-state index contributed by atoms with van der Waals surface area (Å²) in [6.07, 6.45) is 9.90. The van der Waals surface area contributed by atoms with Crippen LogP contribution in [0.5, 0.6) is 0 Å². The molecule has 0 fully saturated rings. The van der Waals surface area contributed by atoms with Gasteiger partial charge < -0.3 is 14.6 Å². The van der Waals surface area contributed by atoms with Crippen molar-refractivity contribution in [2.75, 3.05) is 23.4 Å². The highest BCUT2D eigenvalue weighted by Crippen LogP contribution is 2.48. The minimum atomic E-state index is -4.30. The number of fused-ring (bicyclic) bond motifs is 2. The molecule has 0 aromatic heterocycles. The number of ketones is 1. The summed E-state index contributed by atoms with van der Waals surface area (Å²) in [6, 6.07) is 11.5. The van der Waals surface area contributed by atoms with Crippen molar-refractivity contribution in [2.24, 2.45) is 0 Å². The summed E-state index contributed by atoms with van der Waals surface area (Å²) in [4.78, 5) is 15.9. The number of rotatable bonds is 9. The van der Waals surface area contributed by atoms with Crippen molar-refractivity contribution in [3.63, 3.8) is 0 Å². The number of hydrogen-bond donors (Lipinski definition) is 1. The summed E-state index contributed by atoms with van der Waals surface area (Å²) in [6.45, 7) is 13.3. The van der Waals surface area contributed by atoms with Gasteiger partial charge in [-0.3, -0.25) is 4.55 Å². The van der Waals surface area contributed by atoms with Gasteiger partial charge in [-0.25, -0.2) is 0 Å². The Balaban J connectivity index is 1.66. The average molecular weight is 551 g/mol. The third kappa shape index (κ3) is 5.57. The number of likely N-dealkylation sites (N-methyl/N-ethyl adjacent to an activating group) is 1. The molecule has 39 heavy (non-hydrogen) atoms. The smallest absolute Gasteiger partial charge is 0.294 e. The number of allylic oxidation sites excluding steroid dienone is 3. The molecule has 2 aliphatic heterocycles. The van der Waals surface area contributed by atoms with E-state index in [1.807, 2.05) is 6.07 Å². The van der Waals surface area contributed by atoms with Crippen LogP contribution in [0.2, 0.25) is 0 Å². The lowest BCUT2D eigenvalue weighted by Gasteiger charge is -2.32. The molecule has 2 aliphatic rings. The van der Waals surface area contributed by atoms with Gasteiger partial charge in [-0.1, -0.05) is 64.0 Å². The first-order chi connectivity index (χ1) is 18.2. The van der Waals surface area contributed by atoms with Gasteiger partial charge in [-0.05, 0) is 68.2 Å². The van der Waals surface area contributed by atoms with Crippen LogP contribution in [0, 0.1) is 6.92 Å². The van der Waals surface area contributed by atoms with E-state index < -0.39 is 10.1 Å². The number of aryl methyl sites for hydroxylation is 1. The number of nitrogens with zero attached hydrogens (tertiary/aromatic N) is 2. The van der Waals surface area contributed by atoms with Crippen LogP contribution in [0.15, 0.2) is 65.2 Å². The lowest BCUT2D eigenvalue weighted by Crippen LogP contribution is -2.40. The zero-order valence-electron chi connectivity index (χ0n) is 24.3. The molecule has 2 aromatic rings. The van der Waals surface area contributed by atoms with E-state index in [-0.39, 0.29) is 27.6 Å². The number of carbonyl (C=O) groups is 1. The van der Waals surface area contributed by atoms with Crippen molar-refractivity contribution in [1.29, 1.82) is 0 Å². The molecular formula is C32H42N2O4S. The maximum Gasteiger partial charge on any atom is 0.294 e. The summed E-state index contributed by atoms with van der Waals surface area (Å²) in [5, 5.41) is 0. The van der Waals surface area contributed by atoms with E-state index in [2.05, 4.69) is 87.9 Å². The Bertz CT molecular complexity index is 1440. The van der Waals surface area contributed by atoms with E-state index in [0.717, 1.165) is 37.1 Å². The summed E-state index contributed by atoms with van der Waals surface area (Å²) in [5.41, 5.74) is 6.40. The van der Waals surface area contributed by atoms with Gasteiger partial charge >= 0.3 is 0 Å². The van der Waals surface area contributed by atoms with Crippen LogP contribution in [0.4, 0.5) is 11.4 Å². The minimum absolute atomic E-state index is 0.00625. The fourth-order valence-corrected chi connectivity index (χ4v) is 6.79. The lowest BCUT2D eigenvalue weighted by molar-refractivity contribution is -0.117. The van der Waals surface area contributed by atoms with E-state index in [0.29, 0.717) is 6.42 Å². The second kappa shape index (κ2) is 10.6. The summed E-state index contributed by atoms with van der Waals surface area (Å²) in [5.74, 6) is 0.214. The number of hydrogen-bond acceptors (Lipinski definition) is 5. The van der Waals surface area contributed by atoms with E-state index >= 15 is 0 Å². The van der Waals surface area contributed by atoms with Gasteiger partial charge in [0.25, 0.3) is 10.1 Å². The normalized spacial score (nSPS) is 20.6. The molecule has 4 rings (SSSR count). The lowest BCUT2D eigenvalue weighted by atomic mass is 9.80. The average Bonchev–Trinajstić information content (AvgIpc) is 3.16. The summed E-state index contributed by atoms with van der Waals surface area (Å²) in [7, 11) is -2.19. The molecule has 1 N–H and O–H groups in total. The number of unbranched alkanes of at least 4 members (excludes halogenated alkanes) is 2. The number of benzene rings is 2. The van der Waals surface area contributed by atoms with E-state index in [9.17, 15) is 17.8 Å². The van der Waals surface area contributed by atoms with Crippen LogP contribution in [0.3, 0.4) is 0 Å². The highest BCUT2D eigenvalue weighted by Gasteiger charge is 2.43. The fourth-order valence-electron chi connectivity index (χ4n) is 6.28. The molecule has 0 bridgehead atoms. The van der Waals surface area contributed by atoms with Crippen molar-refractivity contribution in [3.8, 4) is 0 Å². The molecule has 1 atom stereocenters. The van der Waals surface area contributed by atoms with Gasteiger partial charge in [0.15, 0.2) is 0 Å². The Morgan fingerprint density at radius 1 is 1.00 bits per heavy atom. The van der Waals surface area contributed by atoms with Crippen molar-refractivity contribution in [1.82, 2.24) is 0 Å². The second-order valence-corrected chi connectivity index (χ2v) is 13.6. The molecule has 6 nitrogen and oxygen atoms in total. The predicted molar refractivity (Wildman–Crippen MR) is 159 cm³/mol. The minimum Gasteiger partial charge on any atom is -0.364 e. The number of carbonyl (C=O) groups excluding carboxylic acids is 1. The molecule has 2 aromatic carbocycles. The SMILES string of the molecule is CC(=O)CCCCCN1c2ccc(S(=O)(=O)O)cc2C(C)(C)C1/C=C/C=C1\N(C)c2ccc(C)cc2C1(C)C. The monoisotopic (exact) mass is 550 g/mol. The molecule has 0 spiro atoms. The zero-order valence-corrected chi connectivity index (χ0v) is 25.1. The topological polar surface area (TPSA) is 77.9 Å². The first-order valence-electron chi connectivity index (χ1n) is 13.8. The molecule has 0 saturated carbocycles. The van der Waals surface area contributed by atoms with Gasteiger partial charge in [0.2, 0.25) is 0 Å². The number of anilines is 2. The first kappa shape index (κ1) is 29.1. The fraction of sp³-hybridized carbons (Fsp3) is 0.469. The molecule has 0 radical (unpaired) electrons. The quantitative estimate of drug-likeness (QED) is 0.276. The van der Waals surface area contributed by atoms with Crippen LogP contribution < -0.4 is 9.80 Å². The van der Waals surface area contributed by atoms with Gasteiger partial charge in [-0.2, -0.15) is 8.42 Å². The third-order valence-corrected chi connectivity index (χ3v) is 9.36. The Kier molecular flexibility index (Phi) is 7.89. The van der Waals surface area contributed by atoms with E-state index in [1.165, 1.54) is 28.6 Å². The molecular weight excluding hydrogens is 508 g/mol. The predicted octanol–water partition coefficient (Wildman–Crippen LogP) is 6.73. The number of Topliss-reactive ketones (excluding diaryl/α,β-unsaturated/α-hetero) is 1. The van der Waals surface area contributed by atoms with Gasteiger partial charge in [0.1, 0.15) is 5.78 Å². The highest BCUT2D eigenvalue weighted by atomic mass is 32.2. The molecule has 0 aliphatic carbocycles. The van der Waals surface area contributed by atoms with Crippen LogP contribution >= 0.6 is 0 Å². The highest BCUT2D eigenvalue weighted by molar-refractivity contribution is 7.85. The molecule has 2 heterocycles. The Hall–Kier alpha value is -2.90. The first-order valence-corrected chi connectivity index (χ1v) is 15.2. The third-order valence-electron chi connectivity index (χ3n) is 8.51. The van der Waals surface area contributed by atoms with Crippen LogP contribution in [0.1, 0.15) is 77.0 Å². The Morgan fingerprint density at radius 2 is 1.69 bits per heavy atom. The molecule has 0 amide bonds. The van der Waals surface area contributed by atoms with Gasteiger partial charge in [0, 0.05) is 47.9 Å². The summed E-state index contributed by atoms with van der Waals surface area (Å²) >= 11 is 0. The van der Waals surface area contributed by atoms with Gasteiger partial charge in [-0.15, -0.1) is 0 Å². The Morgan fingerprint density at radius 3 is 2.36 bits per heavy atom. The second-order valence-electron chi connectivity index (χ2n) is 12.2. The largest absolute Gasteiger partial charge is 0.364 e. The van der Waals surface area contributed by atoms with E-state index in [1.54, 1.807) is 13.0 Å². The summed E-state index contributed by atoms with van der Waals surface area (Å²) < 4.78 is 33.5.